The number of nitrogens with one attached hydrogen (secondary N) is 1. The maximum Gasteiger partial charge on any atom is 0.316 e. The number of nitrogens with zero attached hydrogens (tertiary/aromatic N) is 5. The van der Waals surface area contributed by atoms with Crippen molar-refractivity contribution in [2.75, 3.05) is 43.1 Å². The summed E-state index contributed by atoms with van der Waals surface area (Å²) in [6.07, 6.45) is 5.59. The van der Waals surface area contributed by atoms with Crippen molar-refractivity contribution in [3.8, 4) is 6.01 Å². The molecule has 1 N–H and O–H groups in total. The second-order valence-corrected chi connectivity index (χ2v) is 11.1. The fourth-order valence-corrected chi connectivity index (χ4v) is 5.87. The summed E-state index contributed by atoms with van der Waals surface area (Å²) in [4.78, 5) is 25.1. The van der Waals surface area contributed by atoms with Crippen molar-refractivity contribution in [3.63, 3.8) is 0 Å². The fraction of sp³-hybridized carbons (Fsp3) is 0.448. The largest absolute Gasteiger partial charge is 0.463 e. The number of aromatic nitrogens is 4. The van der Waals surface area contributed by atoms with E-state index in [0.717, 1.165) is 37.2 Å². The Morgan fingerprint density at radius 1 is 1.21 bits per heavy atom. The summed E-state index contributed by atoms with van der Waals surface area (Å²) in [6, 6.07) is 6.98. The number of carbonyl (C=O) groups excluding carboxylic acids is 1. The molecule has 4 heterocycles. The van der Waals surface area contributed by atoms with Gasteiger partial charge in [-0.15, -0.1) is 0 Å². The summed E-state index contributed by atoms with van der Waals surface area (Å²) < 4.78 is 27.6. The van der Waals surface area contributed by atoms with Gasteiger partial charge in [-0.2, -0.15) is 10.1 Å². The van der Waals surface area contributed by atoms with Gasteiger partial charge in [0.2, 0.25) is 0 Å². The van der Waals surface area contributed by atoms with Crippen LogP contribution in [-0.4, -0.2) is 58.6 Å². The summed E-state index contributed by atoms with van der Waals surface area (Å²) in [6.45, 7) is 8.23. The number of amides is 1. The molecule has 0 radical (unpaired) electrons. The molecule has 0 bridgehead atoms. The molecule has 1 amide bonds. The zero-order chi connectivity index (χ0) is 27.1. The molecule has 0 spiro atoms. The van der Waals surface area contributed by atoms with Gasteiger partial charge >= 0.3 is 6.01 Å². The van der Waals surface area contributed by atoms with Gasteiger partial charge in [0.25, 0.3) is 5.91 Å². The number of hydrogen-bond donors (Lipinski definition) is 1. The van der Waals surface area contributed by atoms with Crippen molar-refractivity contribution in [1.29, 1.82) is 0 Å². The van der Waals surface area contributed by atoms with E-state index in [-0.39, 0.29) is 17.4 Å². The van der Waals surface area contributed by atoms with Crippen molar-refractivity contribution in [3.05, 3.63) is 48.0 Å². The van der Waals surface area contributed by atoms with E-state index in [0.29, 0.717) is 53.1 Å². The summed E-state index contributed by atoms with van der Waals surface area (Å²) in [5.74, 6) is 0.531. The average molecular weight is 533 g/mol. The van der Waals surface area contributed by atoms with Crippen LogP contribution in [0.4, 0.5) is 15.8 Å². The Hall–Kier alpha value is -3.79. The molecule has 10 heteroatoms. The number of rotatable bonds is 6. The predicted molar refractivity (Wildman–Crippen MR) is 148 cm³/mol. The number of aryl methyl sites for hydroxylation is 1. The minimum atomic E-state index is -0.495. The first kappa shape index (κ1) is 25.5. The van der Waals surface area contributed by atoms with Gasteiger partial charge in [-0.05, 0) is 48.9 Å². The highest BCUT2D eigenvalue weighted by Gasteiger charge is 2.26. The Bertz CT molecular complexity index is 1520. The molecule has 3 atom stereocenters. The fourth-order valence-electron chi connectivity index (χ4n) is 5.87. The molecule has 2 aromatic carbocycles. The van der Waals surface area contributed by atoms with Gasteiger partial charge in [0, 0.05) is 67.2 Å². The van der Waals surface area contributed by atoms with Crippen LogP contribution in [0.5, 0.6) is 6.01 Å². The lowest BCUT2D eigenvalue weighted by atomic mass is 9.91. The molecule has 0 unspecified atom stereocenters. The Labute approximate surface area is 226 Å². The summed E-state index contributed by atoms with van der Waals surface area (Å²) >= 11 is 0. The lowest BCUT2D eigenvalue weighted by Gasteiger charge is -2.37. The van der Waals surface area contributed by atoms with E-state index in [1.807, 2.05) is 6.07 Å². The first-order chi connectivity index (χ1) is 18.8. The van der Waals surface area contributed by atoms with Crippen LogP contribution in [0.3, 0.4) is 0 Å². The van der Waals surface area contributed by atoms with E-state index in [1.54, 1.807) is 36.3 Å². The van der Waals surface area contributed by atoms with Gasteiger partial charge in [-0.1, -0.05) is 13.8 Å². The van der Waals surface area contributed by atoms with E-state index in [9.17, 15) is 9.18 Å². The third kappa shape index (κ3) is 5.25. The highest BCUT2D eigenvalue weighted by atomic mass is 19.1. The lowest BCUT2D eigenvalue weighted by molar-refractivity contribution is 0.102. The van der Waals surface area contributed by atoms with Crippen LogP contribution < -0.4 is 15.0 Å². The highest BCUT2D eigenvalue weighted by Crippen LogP contribution is 2.34. The summed E-state index contributed by atoms with van der Waals surface area (Å²) in [5, 5.41) is 8.39. The molecule has 39 heavy (non-hydrogen) atoms. The predicted octanol–water partition coefficient (Wildman–Crippen LogP) is 4.81. The van der Waals surface area contributed by atoms with Gasteiger partial charge < -0.3 is 19.7 Å². The normalized spacial score (nSPS) is 21.5. The van der Waals surface area contributed by atoms with Gasteiger partial charge in [0.15, 0.2) is 5.82 Å². The molecule has 9 nitrogen and oxygen atoms in total. The maximum absolute atomic E-state index is 14.7. The minimum absolute atomic E-state index is 0.226. The molecular weight excluding hydrogens is 499 g/mol. The van der Waals surface area contributed by atoms with Gasteiger partial charge in [-0.25, -0.2) is 9.37 Å². The Kier molecular flexibility index (Phi) is 6.80. The van der Waals surface area contributed by atoms with Crippen molar-refractivity contribution in [2.24, 2.45) is 24.8 Å². The first-order valence-corrected chi connectivity index (χ1v) is 13.5. The molecule has 2 aliphatic heterocycles. The molecule has 0 aliphatic carbocycles. The molecule has 4 aromatic rings. The van der Waals surface area contributed by atoms with Crippen LogP contribution in [0.25, 0.3) is 21.8 Å². The molecule has 0 saturated carbocycles. The number of fused-ring (bicyclic) bond motifs is 2. The Balaban J connectivity index is 1.36. The first-order valence-electron chi connectivity index (χ1n) is 13.5. The van der Waals surface area contributed by atoms with Gasteiger partial charge in [0.1, 0.15) is 5.52 Å². The van der Waals surface area contributed by atoms with Crippen molar-refractivity contribution in [2.45, 2.75) is 26.7 Å². The number of piperidine rings is 1. The third-order valence-corrected chi connectivity index (χ3v) is 7.57. The Morgan fingerprint density at radius 2 is 2.03 bits per heavy atom. The monoisotopic (exact) mass is 532 g/mol. The number of anilines is 2. The van der Waals surface area contributed by atoms with Crippen molar-refractivity contribution >= 4 is 39.1 Å². The molecule has 6 rings (SSSR count). The number of benzene rings is 2. The second kappa shape index (κ2) is 10.4. The van der Waals surface area contributed by atoms with Gasteiger partial charge in [0.05, 0.1) is 24.3 Å². The van der Waals surface area contributed by atoms with Crippen molar-refractivity contribution < 1.29 is 18.7 Å². The van der Waals surface area contributed by atoms with E-state index in [1.165, 1.54) is 12.5 Å². The van der Waals surface area contributed by atoms with Gasteiger partial charge in [-0.3, -0.25) is 9.48 Å². The SMILES string of the molecule is C[C@@H]1C[C@H](C)CN(c2ccc(C(=O)Nc3cc(F)c4nn(C)cc4c3)c3nc(OC[C@H]4CCOC4)ncc23)C1. The second-order valence-electron chi connectivity index (χ2n) is 11.1. The molecular formula is C29H33FN6O3. The van der Waals surface area contributed by atoms with Crippen molar-refractivity contribution in [1.82, 2.24) is 19.7 Å². The molecule has 2 aromatic heterocycles. The number of carbonyl (C=O) groups is 1. The lowest BCUT2D eigenvalue weighted by Crippen LogP contribution is -2.38. The third-order valence-electron chi connectivity index (χ3n) is 7.57. The zero-order valence-electron chi connectivity index (χ0n) is 22.5. The number of hydrogen-bond acceptors (Lipinski definition) is 7. The summed E-state index contributed by atoms with van der Waals surface area (Å²) in [5.41, 5.74) is 2.48. The topological polar surface area (TPSA) is 94.4 Å². The molecule has 204 valence electrons. The van der Waals surface area contributed by atoms with Crippen LogP contribution in [0, 0.1) is 23.6 Å². The number of ether oxygens (including phenoxy) is 2. The zero-order valence-corrected chi connectivity index (χ0v) is 22.5. The summed E-state index contributed by atoms with van der Waals surface area (Å²) in [7, 11) is 1.73. The van der Waals surface area contributed by atoms with E-state index < -0.39 is 5.82 Å². The Morgan fingerprint density at radius 3 is 2.79 bits per heavy atom. The van der Waals surface area contributed by atoms with Crippen LogP contribution in [0.15, 0.2) is 36.7 Å². The highest BCUT2D eigenvalue weighted by molar-refractivity contribution is 6.14. The number of halogens is 1. The van der Waals surface area contributed by atoms with Crippen LogP contribution >= 0.6 is 0 Å². The standard InChI is InChI=1S/C29H33FN6O3/c1-17-8-18(2)13-36(12-17)25-5-4-22(27-23(25)11-31-29(33-27)39-16-19-6-7-38-15-19)28(37)32-21-9-20-14-35(3)34-26(20)24(30)10-21/h4-5,9-11,14,17-19H,6-8,12-13,15-16H2,1-3H3,(H,32,37)/t17-,18+,19-/m0/s1. The molecule has 2 fully saturated rings. The molecule has 2 saturated heterocycles. The smallest absolute Gasteiger partial charge is 0.316 e. The van der Waals surface area contributed by atoms with E-state index in [2.05, 4.69) is 34.1 Å². The molecule has 2 aliphatic rings. The van der Waals surface area contributed by atoms with Crippen LogP contribution in [-0.2, 0) is 11.8 Å². The van der Waals surface area contributed by atoms with Crippen LogP contribution in [0.1, 0.15) is 37.0 Å². The minimum Gasteiger partial charge on any atom is -0.463 e. The van der Waals surface area contributed by atoms with E-state index in [4.69, 9.17) is 14.5 Å². The van der Waals surface area contributed by atoms with Crippen LogP contribution in [0.2, 0.25) is 0 Å². The average Bonchev–Trinajstić information content (AvgIpc) is 3.55. The maximum atomic E-state index is 14.7. The quantitative estimate of drug-likeness (QED) is 0.381. The van der Waals surface area contributed by atoms with E-state index >= 15 is 0 Å².